The van der Waals surface area contributed by atoms with Gasteiger partial charge in [0.25, 0.3) is 5.91 Å². The zero-order valence-electron chi connectivity index (χ0n) is 16.0. The molecular formula is C21H21Cl2NO5. The van der Waals surface area contributed by atoms with Crippen molar-refractivity contribution in [3.63, 3.8) is 0 Å². The fraction of sp³-hybridized carbons (Fsp3) is 0.238. The van der Waals surface area contributed by atoms with Crippen LogP contribution in [0.2, 0.25) is 10.0 Å². The van der Waals surface area contributed by atoms with Crippen LogP contribution < -0.4 is 10.1 Å². The van der Waals surface area contributed by atoms with Crippen LogP contribution in [-0.2, 0) is 14.3 Å². The standard InChI is InChI=1S/C21H21Cl2NO5/c1-3-28-20(25)9-5-14-4-7-16(29-11-10-27-2)13-19(14)24-21(26)17-8-6-15(22)12-18(17)23/h4-9,12-13H,3,10-11H2,1-2H3,(H,24,26)/b9-5+. The van der Waals surface area contributed by atoms with E-state index in [4.69, 9.17) is 37.4 Å². The maximum atomic E-state index is 12.7. The molecule has 2 rings (SSSR count). The normalized spacial score (nSPS) is 10.8. The van der Waals surface area contributed by atoms with Crippen molar-refractivity contribution >= 4 is 46.8 Å². The number of rotatable bonds is 9. The highest BCUT2D eigenvalue weighted by molar-refractivity contribution is 6.37. The number of halogens is 2. The molecule has 0 aliphatic heterocycles. The molecule has 0 unspecified atom stereocenters. The summed E-state index contributed by atoms with van der Waals surface area (Å²) in [5.41, 5.74) is 1.30. The van der Waals surface area contributed by atoms with E-state index in [1.165, 1.54) is 18.2 Å². The van der Waals surface area contributed by atoms with E-state index in [2.05, 4.69) is 5.32 Å². The highest BCUT2D eigenvalue weighted by Gasteiger charge is 2.13. The average Bonchev–Trinajstić information content (AvgIpc) is 2.67. The molecule has 154 valence electrons. The molecule has 2 aromatic carbocycles. The molecule has 0 saturated heterocycles. The van der Waals surface area contributed by atoms with Gasteiger partial charge in [0.05, 0.1) is 29.5 Å². The van der Waals surface area contributed by atoms with Crippen LogP contribution in [0.1, 0.15) is 22.8 Å². The Morgan fingerprint density at radius 1 is 1.10 bits per heavy atom. The monoisotopic (exact) mass is 437 g/mol. The van der Waals surface area contributed by atoms with E-state index < -0.39 is 11.9 Å². The molecule has 0 radical (unpaired) electrons. The quantitative estimate of drug-likeness (QED) is 0.344. The van der Waals surface area contributed by atoms with Crippen molar-refractivity contribution in [2.24, 2.45) is 0 Å². The van der Waals surface area contributed by atoms with Crippen LogP contribution in [0.3, 0.4) is 0 Å². The van der Waals surface area contributed by atoms with Gasteiger partial charge in [0.2, 0.25) is 0 Å². The largest absolute Gasteiger partial charge is 0.491 e. The van der Waals surface area contributed by atoms with E-state index >= 15 is 0 Å². The number of hydrogen-bond acceptors (Lipinski definition) is 5. The molecule has 0 bridgehead atoms. The van der Waals surface area contributed by atoms with Crippen LogP contribution in [0.25, 0.3) is 6.08 Å². The highest BCUT2D eigenvalue weighted by Crippen LogP contribution is 2.27. The highest BCUT2D eigenvalue weighted by atomic mass is 35.5. The number of ether oxygens (including phenoxy) is 3. The maximum Gasteiger partial charge on any atom is 0.330 e. The molecule has 6 nitrogen and oxygen atoms in total. The first-order valence-electron chi connectivity index (χ1n) is 8.81. The summed E-state index contributed by atoms with van der Waals surface area (Å²) in [6.45, 7) is 2.77. The first-order valence-corrected chi connectivity index (χ1v) is 9.57. The summed E-state index contributed by atoms with van der Waals surface area (Å²) >= 11 is 12.0. The summed E-state index contributed by atoms with van der Waals surface area (Å²) < 4.78 is 15.5. The topological polar surface area (TPSA) is 73.9 Å². The SMILES string of the molecule is CCOC(=O)/C=C/c1ccc(OCCOC)cc1NC(=O)c1ccc(Cl)cc1Cl. The van der Waals surface area contributed by atoms with Gasteiger partial charge in [-0.25, -0.2) is 4.79 Å². The molecule has 2 aromatic rings. The molecule has 0 fully saturated rings. The second-order valence-corrected chi connectivity index (χ2v) is 6.60. The lowest BCUT2D eigenvalue weighted by molar-refractivity contribution is -0.137. The number of hydrogen-bond donors (Lipinski definition) is 1. The number of carbonyl (C=O) groups is 2. The summed E-state index contributed by atoms with van der Waals surface area (Å²) in [7, 11) is 1.58. The van der Waals surface area contributed by atoms with Crippen LogP contribution in [0.15, 0.2) is 42.5 Å². The molecule has 0 aliphatic carbocycles. The summed E-state index contributed by atoms with van der Waals surface area (Å²) in [6, 6.07) is 9.70. The third-order valence-corrected chi connectivity index (χ3v) is 4.24. The smallest absolute Gasteiger partial charge is 0.330 e. The minimum Gasteiger partial charge on any atom is -0.491 e. The zero-order chi connectivity index (χ0) is 21.2. The van der Waals surface area contributed by atoms with Gasteiger partial charge >= 0.3 is 5.97 Å². The number of nitrogens with one attached hydrogen (secondary N) is 1. The fourth-order valence-electron chi connectivity index (χ4n) is 2.33. The average molecular weight is 438 g/mol. The molecule has 0 spiro atoms. The molecule has 8 heteroatoms. The van der Waals surface area contributed by atoms with E-state index in [0.717, 1.165) is 0 Å². The Hall–Kier alpha value is -2.54. The predicted octanol–water partition coefficient (Wildman–Crippen LogP) is 4.85. The van der Waals surface area contributed by atoms with Crippen molar-refractivity contribution in [2.75, 3.05) is 32.2 Å². The van der Waals surface area contributed by atoms with Gasteiger partial charge in [-0.3, -0.25) is 4.79 Å². The Balaban J connectivity index is 2.29. The van der Waals surface area contributed by atoms with Crippen LogP contribution in [0, 0.1) is 0 Å². The van der Waals surface area contributed by atoms with Crippen molar-refractivity contribution < 1.29 is 23.8 Å². The van der Waals surface area contributed by atoms with Gasteiger partial charge in [0, 0.05) is 24.3 Å². The Morgan fingerprint density at radius 3 is 2.59 bits per heavy atom. The second kappa shape index (κ2) is 11.5. The number of amides is 1. The lowest BCUT2D eigenvalue weighted by atomic mass is 10.1. The summed E-state index contributed by atoms with van der Waals surface area (Å²) in [5, 5.41) is 3.45. The van der Waals surface area contributed by atoms with E-state index in [1.807, 2.05) is 0 Å². The number of methoxy groups -OCH3 is 1. The van der Waals surface area contributed by atoms with Crippen molar-refractivity contribution in [1.82, 2.24) is 0 Å². The summed E-state index contributed by atoms with van der Waals surface area (Å²) in [5.74, 6) is -0.370. The maximum absolute atomic E-state index is 12.7. The van der Waals surface area contributed by atoms with Gasteiger partial charge in [0.1, 0.15) is 12.4 Å². The van der Waals surface area contributed by atoms with Crippen LogP contribution in [-0.4, -0.2) is 38.8 Å². The van der Waals surface area contributed by atoms with Crippen LogP contribution in [0.5, 0.6) is 5.75 Å². The zero-order valence-corrected chi connectivity index (χ0v) is 17.5. The lowest BCUT2D eigenvalue weighted by Crippen LogP contribution is -2.14. The first kappa shape index (κ1) is 22.7. The second-order valence-electron chi connectivity index (χ2n) is 5.75. The first-order chi connectivity index (χ1) is 13.9. The predicted molar refractivity (Wildman–Crippen MR) is 114 cm³/mol. The minimum atomic E-state index is -0.481. The molecule has 1 N–H and O–H groups in total. The van der Waals surface area contributed by atoms with Gasteiger partial charge in [-0.05, 0) is 48.9 Å². The van der Waals surface area contributed by atoms with Crippen molar-refractivity contribution in [2.45, 2.75) is 6.92 Å². The fourth-order valence-corrected chi connectivity index (χ4v) is 2.83. The third kappa shape index (κ3) is 7.09. The van der Waals surface area contributed by atoms with Gasteiger partial charge in [-0.2, -0.15) is 0 Å². The van der Waals surface area contributed by atoms with Gasteiger partial charge in [-0.15, -0.1) is 0 Å². The lowest BCUT2D eigenvalue weighted by Gasteiger charge is -2.13. The van der Waals surface area contributed by atoms with Gasteiger partial charge in [-0.1, -0.05) is 23.2 Å². The van der Waals surface area contributed by atoms with Crippen molar-refractivity contribution in [3.05, 3.63) is 63.6 Å². The van der Waals surface area contributed by atoms with E-state index in [9.17, 15) is 9.59 Å². The number of carbonyl (C=O) groups excluding carboxylic acids is 2. The number of benzene rings is 2. The van der Waals surface area contributed by atoms with Crippen molar-refractivity contribution in [3.8, 4) is 5.75 Å². The molecule has 0 aliphatic rings. The molecule has 0 heterocycles. The minimum absolute atomic E-state index is 0.228. The molecular weight excluding hydrogens is 417 g/mol. The molecule has 0 saturated carbocycles. The number of anilines is 1. The molecule has 29 heavy (non-hydrogen) atoms. The van der Waals surface area contributed by atoms with E-state index in [-0.39, 0.29) is 17.2 Å². The molecule has 0 aromatic heterocycles. The van der Waals surface area contributed by atoms with Crippen LogP contribution in [0.4, 0.5) is 5.69 Å². The Bertz CT molecular complexity index is 899. The Labute approximate surface area is 179 Å². The van der Waals surface area contributed by atoms with Gasteiger partial charge in [0.15, 0.2) is 0 Å². The Kier molecular flexibility index (Phi) is 8.99. The van der Waals surface area contributed by atoms with Crippen molar-refractivity contribution in [1.29, 1.82) is 0 Å². The van der Waals surface area contributed by atoms with E-state index in [0.29, 0.717) is 35.2 Å². The van der Waals surface area contributed by atoms with Crippen LogP contribution >= 0.6 is 23.2 Å². The van der Waals surface area contributed by atoms with Gasteiger partial charge < -0.3 is 19.5 Å². The summed E-state index contributed by atoms with van der Waals surface area (Å²) in [4.78, 5) is 24.3. The molecule has 0 atom stereocenters. The number of esters is 1. The molecule has 1 amide bonds. The van der Waals surface area contributed by atoms with E-state index in [1.54, 1.807) is 44.4 Å². The third-order valence-electron chi connectivity index (χ3n) is 3.69. The summed E-state index contributed by atoms with van der Waals surface area (Å²) in [6.07, 6.45) is 2.84. The Morgan fingerprint density at radius 2 is 1.90 bits per heavy atom.